The number of benzene rings is 1. The molecule has 1 aromatic heterocycles. The van der Waals surface area contributed by atoms with Crippen LogP contribution in [0.25, 0.3) is 10.9 Å². The number of para-hydroxylation sites is 1. The van der Waals surface area contributed by atoms with Gasteiger partial charge in [-0.15, -0.1) is 0 Å². The molecule has 0 aliphatic carbocycles. The Labute approximate surface area is 93.3 Å². The minimum atomic E-state index is -0.961. The van der Waals surface area contributed by atoms with Crippen molar-refractivity contribution in [1.29, 1.82) is 0 Å². The molecule has 0 aliphatic rings. The van der Waals surface area contributed by atoms with Gasteiger partial charge in [0.05, 0.1) is 0 Å². The fourth-order valence-electron chi connectivity index (χ4n) is 1.25. The Morgan fingerprint density at radius 2 is 2.19 bits per heavy atom. The van der Waals surface area contributed by atoms with E-state index >= 15 is 0 Å². The van der Waals surface area contributed by atoms with Crippen LogP contribution >= 0.6 is 0 Å². The van der Waals surface area contributed by atoms with Crippen LogP contribution in [0.3, 0.4) is 0 Å². The van der Waals surface area contributed by atoms with Crippen molar-refractivity contribution in [2.75, 3.05) is 12.3 Å². The zero-order valence-electron chi connectivity index (χ0n) is 9.03. The Morgan fingerprint density at radius 1 is 1.50 bits per heavy atom. The molecule has 86 valence electrons. The average molecular weight is 221 g/mol. The number of H-pyrrole nitrogens is 1. The molecule has 0 unspecified atom stereocenters. The van der Waals surface area contributed by atoms with Gasteiger partial charge < -0.3 is 21.1 Å². The van der Waals surface area contributed by atoms with Crippen molar-refractivity contribution in [3.63, 3.8) is 0 Å². The average Bonchev–Trinajstić information content (AvgIpc) is 2.58. The zero-order chi connectivity index (χ0) is 12.0. The molecule has 0 spiro atoms. The fraction of sp³-hybridized carbons (Fsp3) is 0.182. The van der Waals surface area contributed by atoms with E-state index in [9.17, 15) is 4.79 Å². The van der Waals surface area contributed by atoms with Crippen LogP contribution < -0.4 is 11.1 Å². The van der Waals surface area contributed by atoms with Gasteiger partial charge in [-0.3, -0.25) is 0 Å². The second kappa shape index (κ2) is 5.65. The molecule has 0 saturated carbocycles. The number of nitrogens with one attached hydrogen (secondary N) is 2. The summed E-state index contributed by atoms with van der Waals surface area (Å²) in [4.78, 5) is 12.5. The van der Waals surface area contributed by atoms with E-state index in [1.807, 2.05) is 30.3 Å². The van der Waals surface area contributed by atoms with Gasteiger partial charge in [0, 0.05) is 17.4 Å². The third-order valence-corrected chi connectivity index (χ3v) is 1.88. The molecule has 0 radical (unpaired) electrons. The van der Waals surface area contributed by atoms with Gasteiger partial charge in [-0.05, 0) is 19.1 Å². The first-order valence-corrected chi connectivity index (χ1v) is 4.93. The number of anilines is 1. The smallest absolute Gasteiger partial charge is 0.404 e. The van der Waals surface area contributed by atoms with Crippen LogP contribution in [0.15, 0.2) is 30.3 Å². The molecule has 5 heteroatoms. The second-order valence-corrected chi connectivity index (χ2v) is 3.15. The number of aromatic nitrogens is 1. The maximum Gasteiger partial charge on any atom is 0.404 e. The normalized spacial score (nSPS) is 9.31. The minimum Gasteiger partial charge on any atom is -0.465 e. The number of amides is 1. The molecule has 1 heterocycles. The van der Waals surface area contributed by atoms with Crippen LogP contribution in [-0.4, -0.2) is 22.7 Å². The molecule has 0 bridgehead atoms. The highest BCUT2D eigenvalue weighted by molar-refractivity contribution is 5.82. The summed E-state index contributed by atoms with van der Waals surface area (Å²) >= 11 is 0. The van der Waals surface area contributed by atoms with Gasteiger partial charge in [0.2, 0.25) is 0 Å². The first-order chi connectivity index (χ1) is 7.63. The van der Waals surface area contributed by atoms with Crippen molar-refractivity contribution in [3.05, 3.63) is 30.3 Å². The number of aromatic amines is 1. The Morgan fingerprint density at radius 3 is 2.69 bits per heavy atom. The van der Waals surface area contributed by atoms with Crippen molar-refractivity contribution in [3.8, 4) is 0 Å². The highest BCUT2D eigenvalue weighted by Gasteiger charge is 1.92. The SMILES string of the molecule is CCNC(=O)O.Nc1cc2ccccc2[nH]1. The van der Waals surface area contributed by atoms with Gasteiger partial charge in [0.25, 0.3) is 0 Å². The quantitative estimate of drug-likeness (QED) is 0.593. The van der Waals surface area contributed by atoms with Gasteiger partial charge in [-0.1, -0.05) is 18.2 Å². The molecule has 0 fully saturated rings. The van der Waals surface area contributed by atoms with Gasteiger partial charge in [-0.2, -0.15) is 0 Å². The summed E-state index contributed by atoms with van der Waals surface area (Å²) in [5, 5.41) is 11.1. The summed E-state index contributed by atoms with van der Waals surface area (Å²) in [7, 11) is 0. The second-order valence-electron chi connectivity index (χ2n) is 3.15. The third kappa shape index (κ3) is 3.53. The van der Waals surface area contributed by atoms with Crippen LogP contribution in [0.5, 0.6) is 0 Å². The molecule has 2 aromatic rings. The molecule has 0 atom stereocenters. The molecule has 0 aliphatic heterocycles. The predicted octanol–water partition coefficient (Wildman–Crippen LogP) is 2.02. The number of rotatable bonds is 1. The van der Waals surface area contributed by atoms with E-state index in [4.69, 9.17) is 10.8 Å². The summed E-state index contributed by atoms with van der Waals surface area (Å²) in [6, 6.07) is 9.94. The Kier molecular flexibility index (Phi) is 4.20. The van der Waals surface area contributed by atoms with E-state index in [1.54, 1.807) is 6.92 Å². The van der Waals surface area contributed by atoms with Crippen LogP contribution in [-0.2, 0) is 0 Å². The highest BCUT2D eigenvalue weighted by Crippen LogP contribution is 2.14. The van der Waals surface area contributed by atoms with Crippen LogP contribution in [0.1, 0.15) is 6.92 Å². The molecule has 1 aromatic carbocycles. The van der Waals surface area contributed by atoms with Crippen molar-refractivity contribution < 1.29 is 9.90 Å². The summed E-state index contributed by atoms with van der Waals surface area (Å²) < 4.78 is 0. The zero-order valence-corrected chi connectivity index (χ0v) is 9.03. The monoisotopic (exact) mass is 221 g/mol. The van der Waals surface area contributed by atoms with Gasteiger partial charge in [0.15, 0.2) is 0 Å². The summed E-state index contributed by atoms with van der Waals surface area (Å²) in [5.41, 5.74) is 6.63. The molecule has 5 nitrogen and oxygen atoms in total. The largest absolute Gasteiger partial charge is 0.465 e. The topological polar surface area (TPSA) is 91.1 Å². The maximum absolute atomic E-state index is 9.49. The molecule has 0 saturated heterocycles. The number of carbonyl (C=O) groups is 1. The first kappa shape index (κ1) is 11.9. The van der Waals surface area contributed by atoms with Crippen LogP contribution in [0, 0.1) is 0 Å². The molecule has 1 amide bonds. The number of hydrogen-bond acceptors (Lipinski definition) is 2. The van der Waals surface area contributed by atoms with E-state index in [0.29, 0.717) is 6.54 Å². The summed E-state index contributed by atoms with van der Waals surface area (Å²) in [5.74, 6) is 0.723. The number of carboxylic acid groups (broad SMARTS) is 1. The highest BCUT2D eigenvalue weighted by atomic mass is 16.4. The fourth-order valence-corrected chi connectivity index (χ4v) is 1.25. The molecule has 5 N–H and O–H groups in total. The Bertz CT molecular complexity index is 432. The lowest BCUT2D eigenvalue weighted by Gasteiger charge is -1.87. The number of fused-ring (bicyclic) bond motifs is 1. The number of nitrogens with two attached hydrogens (primary N) is 1. The van der Waals surface area contributed by atoms with Crippen molar-refractivity contribution >= 4 is 22.8 Å². The Hall–Kier alpha value is -2.17. The van der Waals surface area contributed by atoms with Crippen molar-refractivity contribution in [1.82, 2.24) is 10.3 Å². The lowest BCUT2D eigenvalue weighted by atomic mass is 10.3. The lowest BCUT2D eigenvalue weighted by Crippen LogP contribution is -2.19. The van der Waals surface area contributed by atoms with Crippen molar-refractivity contribution in [2.24, 2.45) is 0 Å². The summed E-state index contributed by atoms with van der Waals surface area (Å²) in [6.45, 7) is 2.21. The van der Waals surface area contributed by atoms with E-state index in [2.05, 4.69) is 10.3 Å². The number of hydrogen-bond donors (Lipinski definition) is 4. The van der Waals surface area contributed by atoms with Crippen molar-refractivity contribution in [2.45, 2.75) is 6.92 Å². The van der Waals surface area contributed by atoms with E-state index < -0.39 is 6.09 Å². The molecular formula is C11H15N3O2. The van der Waals surface area contributed by atoms with E-state index in [0.717, 1.165) is 11.3 Å². The van der Waals surface area contributed by atoms with E-state index in [-0.39, 0.29) is 0 Å². The Balaban J connectivity index is 0.000000187. The minimum absolute atomic E-state index is 0.481. The van der Waals surface area contributed by atoms with Gasteiger partial charge >= 0.3 is 6.09 Å². The molecular weight excluding hydrogens is 206 g/mol. The standard InChI is InChI=1S/C8H8N2.C3H7NO2/c9-8-5-6-3-1-2-4-7(6)10-8;1-2-4-3(5)6/h1-5,10H,9H2;4H,2H2,1H3,(H,5,6). The first-order valence-electron chi connectivity index (χ1n) is 4.93. The van der Waals surface area contributed by atoms with Gasteiger partial charge in [0.1, 0.15) is 5.82 Å². The maximum atomic E-state index is 9.49. The predicted molar refractivity (Wildman–Crippen MR) is 64.4 cm³/mol. The summed E-state index contributed by atoms with van der Waals surface area (Å²) in [6.07, 6.45) is -0.961. The van der Waals surface area contributed by atoms with Crippen LogP contribution in [0.2, 0.25) is 0 Å². The molecule has 16 heavy (non-hydrogen) atoms. The van der Waals surface area contributed by atoms with E-state index in [1.165, 1.54) is 5.39 Å². The third-order valence-electron chi connectivity index (χ3n) is 1.88. The number of nitrogen functional groups attached to an aromatic ring is 1. The molecule has 2 rings (SSSR count). The lowest BCUT2D eigenvalue weighted by molar-refractivity contribution is 0.195. The van der Waals surface area contributed by atoms with Gasteiger partial charge in [-0.25, -0.2) is 4.79 Å². The van der Waals surface area contributed by atoms with Crippen LogP contribution in [0.4, 0.5) is 10.6 Å².